The number of rotatable bonds is 6. The summed E-state index contributed by atoms with van der Waals surface area (Å²) in [5, 5.41) is 11.8. The number of carboxylic acid groups (broad SMARTS) is 1. The van der Waals surface area contributed by atoms with Crippen LogP contribution in [0.1, 0.15) is 44.0 Å². The fourth-order valence-corrected chi connectivity index (χ4v) is 2.15. The highest BCUT2D eigenvalue weighted by Crippen LogP contribution is 2.36. The number of ether oxygens (including phenoxy) is 1. The molecule has 1 fully saturated rings. The molecule has 0 heterocycles. The maximum absolute atomic E-state index is 12.1. The van der Waals surface area contributed by atoms with Gasteiger partial charge in [0, 0.05) is 6.08 Å². The van der Waals surface area contributed by atoms with Crippen LogP contribution in [0.25, 0.3) is 0 Å². The van der Waals surface area contributed by atoms with Crippen molar-refractivity contribution in [1.29, 1.82) is 0 Å². The molecule has 0 radical (unpaired) electrons. The average molecular weight is 303 g/mol. The van der Waals surface area contributed by atoms with Gasteiger partial charge in [-0.05, 0) is 57.7 Å². The summed E-state index contributed by atoms with van der Waals surface area (Å²) in [7, 11) is 0. The van der Waals surface area contributed by atoms with E-state index in [-0.39, 0.29) is 17.6 Å². The molecule has 1 aromatic carbocycles. The average Bonchev–Trinajstić information content (AvgIpc) is 3.24. The van der Waals surface area contributed by atoms with Gasteiger partial charge in [-0.1, -0.05) is 5.57 Å². The highest BCUT2D eigenvalue weighted by molar-refractivity contribution is 6.01. The number of amides is 1. The third kappa shape index (κ3) is 4.35. The summed E-state index contributed by atoms with van der Waals surface area (Å²) in [4.78, 5) is 23.2. The zero-order chi connectivity index (χ0) is 16.3. The molecule has 0 spiro atoms. The SMILES string of the molecule is CC(=CC(=O)Nc1cc(C(=O)O)ccc1OC(C)C)C1CC1. The first kappa shape index (κ1) is 16.1. The molecule has 0 aliphatic heterocycles. The van der Waals surface area contributed by atoms with Crippen LogP contribution in [-0.2, 0) is 4.79 Å². The molecule has 1 aliphatic rings. The Labute approximate surface area is 130 Å². The van der Waals surface area contributed by atoms with Crippen molar-refractivity contribution in [3.8, 4) is 5.75 Å². The number of benzene rings is 1. The predicted octanol–water partition coefficient (Wildman–Crippen LogP) is 3.47. The van der Waals surface area contributed by atoms with E-state index in [4.69, 9.17) is 9.84 Å². The van der Waals surface area contributed by atoms with Crippen LogP contribution in [-0.4, -0.2) is 23.1 Å². The van der Waals surface area contributed by atoms with Gasteiger partial charge >= 0.3 is 5.97 Å². The van der Waals surface area contributed by atoms with Crippen LogP contribution in [0.3, 0.4) is 0 Å². The van der Waals surface area contributed by atoms with E-state index in [1.807, 2.05) is 20.8 Å². The van der Waals surface area contributed by atoms with E-state index in [2.05, 4.69) is 5.32 Å². The van der Waals surface area contributed by atoms with E-state index in [0.717, 1.165) is 18.4 Å². The van der Waals surface area contributed by atoms with E-state index < -0.39 is 5.97 Å². The van der Waals surface area contributed by atoms with Crippen molar-refractivity contribution in [1.82, 2.24) is 0 Å². The van der Waals surface area contributed by atoms with Gasteiger partial charge in [-0.2, -0.15) is 0 Å². The number of nitrogens with one attached hydrogen (secondary N) is 1. The molecule has 0 saturated heterocycles. The summed E-state index contributed by atoms with van der Waals surface area (Å²) in [6.45, 7) is 5.68. The van der Waals surface area contributed by atoms with Gasteiger partial charge in [0.25, 0.3) is 0 Å². The second-order valence-electron chi connectivity index (χ2n) is 5.83. The minimum Gasteiger partial charge on any atom is -0.489 e. The van der Waals surface area contributed by atoms with E-state index >= 15 is 0 Å². The van der Waals surface area contributed by atoms with Crippen LogP contribution < -0.4 is 10.1 Å². The van der Waals surface area contributed by atoms with Gasteiger partial charge in [0.15, 0.2) is 0 Å². The fourth-order valence-electron chi connectivity index (χ4n) is 2.15. The molecule has 0 bridgehead atoms. The molecule has 118 valence electrons. The van der Waals surface area contributed by atoms with Crippen molar-refractivity contribution in [2.45, 2.75) is 39.7 Å². The monoisotopic (exact) mass is 303 g/mol. The smallest absolute Gasteiger partial charge is 0.335 e. The number of aromatic carboxylic acids is 1. The predicted molar refractivity (Wildman–Crippen MR) is 84.3 cm³/mol. The van der Waals surface area contributed by atoms with E-state index in [1.165, 1.54) is 12.1 Å². The van der Waals surface area contributed by atoms with Gasteiger partial charge < -0.3 is 15.2 Å². The van der Waals surface area contributed by atoms with Crippen molar-refractivity contribution >= 4 is 17.6 Å². The molecule has 0 aromatic heterocycles. The fraction of sp³-hybridized carbons (Fsp3) is 0.412. The maximum Gasteiger partial charge on any atom is 0.335 e. The number of allylic oxidation sites excluding steroid dienone is 1. The second-order valence-corrected chi connectivity index (χ2v) is 5.83. The van der Waals surface area contributed by atoms with Crippen molar-refractivity contribution in [2.24, 2.45) is 5.92 Å². The molecular formula is C17H21NO4. The number of hydrogen-bond acceptors (Lipinski definition) is 3. The quantitative estimate of drug-likeness (QED) is 0.789. The van der Waals surface area contributed by atoms with Crippen LogP contribution >= 0.6 is 0 Å². The molecule has 1 amide bonds. The molecule has 0 unspecified atom stereocenters. The van der Waals surface area contributed by atoms with Crippen LogP contribution in [0.15, 0.2) is 29.8 Å². The standard InChI is InChI=1S/C17H21NO4/c1-10(2)22-15-7-6-13(17(20)21)9-14(15)18-16(19)8-11(3)12-4-5-12/h6-10,12H,4-5H2,1-3H3,(H,18,19)(H,20,21). The van der Waals surface area contributed by atoms with Crippen LogP contribution in [0, 0.1) is 5.92 Å². The Hall–Kier alpha value is -2.30. The number of anilines is 1. The number of carboxylic acids is 1. The van der Waals surface area contributed by atoms with Crippen LogP contribution in [0.5, 0.6) is 5.75 Å². The summed E-state index contributed by atoms with van der Waals surface area (Å²) in [6.07, 6.45) is 3.76. The number of carbonyl (C=O) groups is 2. The molecule has 1 aliphatic carbocycles. The Kier molecular flexibility index (Phi) is 4.85. The van der Waals surface area contributed by atoms with Crippen molar-refractivity contribution in [3.63, 3.8) is 0 Å². The topological polar surface area (TPSA) is 75.6 Å². The van der Waals surface area contributed by atoms with Crippen molar-refractivity contribution < 1.29 is 19.4 Å². The summed E-state index contributed by atoms with van der Waals surface area (Å²) in [5.74, 6) is -0.329. The molecule has 1 saturated carbocycles. The molecule has 22 heavy (non-hydrogen) atoms. The zero-order valence-electron chi connectivity index (χ0n) is 13.1. The largest absolute Gasteiger partial charge is 0.489 e. The van der Waals surface area contributed by atoms with Gasteiger partial charge in [-0.15, -0.1) is 0 Å². The third-order valence-corrected chi connectivity index (χ3v) is 3.43. The van der Waals surface area contributed by atoms with Gasteiger partial charge in [0.05, 0.1) is 17.4 Å². The lowest BCUT2D eigenvalue weighted by Gasteiger charge is -2.15. The van der Waals surface area contributed by atoms with Crippen molar-refractivity contribution in [2.75, 3.05) is 5.32 Å². The van der Waals surface area contributed by atoms with Crippen LogP contribution in [0.4, 0.5) is 5.69 Å². The molecular weight excluding hydrogens is 282 g/mol. The normalized spacial score (nSPS) is 14.8. The Balaban J connectivity index is 2.21. The summed E-state index contributed by atoms with van der Waals surface area (Å²) >= 11 is 0. The molecule has 1 aromatic rings. The van der Waals surface area contributed by atoms with E-state index in [1.54, 1.807) is 12.1 Å². The zero-order valence-corrected chi connectivity index (χ0v) is 13.1. The highest BCUT2D eigenvalue weighted by Gasteiger charge is 2.23. The molecule has 5 heteroatoms. The first-order chi connectivity index (χ1) is 10.4. The van der Waals surface area contributed by atoms with E-state index in [0.29, 0.717) is 17.4 Å². The Bertz CT molecular complexity index is 615. The molecule has 2 rings (SSSR count). The Morgan fingerprint density at radius 1 is 1.36 bits per heavy atom. The highest BCUT2D eigenvalue weighted by atomic mass is 16.5. The first-order valence-electron chi connectivity index (χ1n) is 7.40. The van der Waals surface area contributed by atoms with Gasteiger partial charge in [-0.3, -0.25) is 4.79 Å². The molecule has 2 N–H and O–H groups in total. The van der Waals surface area contributed by atoms with E-state index in [9.17, 15) is 9.59 Å². The molecule has 0 atom stereocenters. The van der Waals surface area contributed by atoms with Gasteiger partial charge in [-0.25, -0.2) is 4.79 Å². The minimum absolute atomic E-state index is 0.0740. The summed E-state index contributed by atoms with van der Waals surface area (Å²) < 4.78 is 5.62. The van der Waals surface area contributed by atoms with Gasteiger partial charge in [0.1, 0.15) is 5.75 Å². The lowest BCUT2D eigenvalue weighted by Crippen LogP contribution is -2.13. The van der Waals surface area contributed by atoms with Crippen LogP contribution in [0.2, 0.25) is 0 Å². The summed E-state index contributed by atoms with van der Waals surface area (Å²) in [6, 6.07) is 4.44. The second kappa shape index (κ2) is 6.64. The van der Waals surface area contributed by atoms with Gasteiger partial charge in [0.2, 0.25) is 5.91 Å². The lowest BCUT2D eigenvalue weighted by atomic mass is 10.1. The first-order valence-corrected chi connectivity index (χ1v) is 7.40. The number of carbonyl (C=O) groups excluding carboxylic acids is 1. The lowest BCUT2D eigenvalue weighted by molar-refractivity contribution is -0.112. The van der Waals surface area contributed by atoms with Crippen molar-refractivity contribution in [3.05, 3.63) is 35.4 Å². The maximum atomic E-state index is 12.1. The number of hydrogen-bond donors (Lipinski definition) is 2. The molecule has 5 nitrogen and oxygen atoms in total. The Morgan fingerprint density at radius 3 is 2.59 bits per heavy atom. The summed E-state index contributed by atoms with van der Waals surface area (Å²) in [5.41, 5.74) is 1.53. The minimum atomic E-state index is -1.05. The Morgan fingerprint density at radius 2 is 2.05 bits per heavy atom. The third-order valence-electron chi connectivity index (χ3n) is 3.43.